The average molecular weight is 320 g/mol. The molecule has 0 unspecified atom stereocenters. The Labute approximate surface area is 105 Å². The summed E-state index contributed by atoms with van der Waals surface area (Å²) >= 11 is 3.05. The Bertz CT molecular complexity index is 628. The van der Waals surface area contributed by atoms with Crippen molar-refractivity contribution in [3.63, 3.8) is 0 Å². The second-order valence-electron chi connectivity index (χ2n) is 3.12. The zero-order valence-corrected chi connectivity index (χ0v) is 10.7. The smallest absolute Gasteiger partial charge is 0.267 e. The maximum Gasteiger partial charge on any atom is 0.267 e. The summed E-state index contributed by atoms with van der Waals surface area (Å²) in [6.45, 7) is 0. The summed E-state index contributed by atoms with van der Waals surface area (Å²) in [6.07, 6.45) is 2.84. The predicted octanol–water partition coefficient (Wildman–Crippen LogP) is 2.11. The second-order valence-corrected chi connectivity index (χ2v) is 5.68. The number of anilines is 1. The molecule has 0 saturated heterocycles. The van der Waals surface area contributed by atoms with Gasteiger partial charge in [-0.1, -0.05) is 15.9 Å². The van der Waals surface area contributed by atoms with Crippen LogP contribution in [0.25, 0.3) is 0 Å². The quantitative estimate of drug-likeness (QED) is 0.909. The van der Waals surface area contributed by atoms with E-state index in [-0.39, 0.29) is 5.95 Å². The van der Waals surface area contributed by atoms with E-state index in [0.29, 0.717) is 4.47 Å². The number of hydrogen-bond acceptors (Lipinski definition) is 3. The largest absolute Gasteiger partial charge is 0.330 e. The first-order valence-electron chi connectivity index (χ1n) is 4.46. The molecular weight excluding hydrogens is 313 g/mol. The van der Waals surface area contributed by atoms with Crippen molar-refractivity contribution in [3.8, 4) is 0 Å². The minimum Gasteiger partial charge on any atom is -0.330 e. The molecule has 1 aromatic carbocycles. The number of H-pyrrole nitrogens is 1. The van der Waals surface area contributed by atoms with Gasteiger partial charge in [-0.25, -0.2) is 22.5 Å². The van der Waals surface area contributed by atoms with Crippen LogP contribution in [0.5, 0.6) is 0 Å². The van der Waals surface area contributed by atoms with E-state index in [4.69, 9.17) is 0 Å². The van der Waals surface area contributed by atoms with Gasteiger partial charge in [0.25, 0.3) is 10.0 Å². The molecule has 2 N–H and O–H groups in total. The molecule has 2 aromatic rings. The summed E-state index contributed by atoms with van der Waals surface area (Å²) in [4.78, 5) is 5.82. The molecule has 90 valence electrons. The van der Waals surface area contributed by atoms with Crippen molar-refractivity contribution in [1.29, 1.82) is 0 Å². The topological polar surface area (TPSA) is 74.8 Å². The van der Waals surface area contributed by atoms with E-state index in [9.17, 15) is 12.8 Å². The van der Waals surface area contributed by atoms with Crippen LogP contribution in [0.2, 0.25) is 0 Å². The fourth-order valence-corrected chi connectivity index (χ4v) is 2.57. The normalized spacial score (nSPS) is 11.4. The van der Waals surface area contributed by atoms with E-state index < -0.39 is 20.7 Å². The fraction of sp³-hybridized carbons (Fsp3) is 0. The van der Waals surface area contributed by atoms with Crippen LogP contribution in [0.15, 0.2) is 40.0 Å². The molecule has 0 aliphatic carbocycles. The predicted molar refractivity (Wildman–Crippen MR) is 63.5 cm³/mol. The number of sulfonamides is 1. The molecular formula is C9H7BrFN3O2S. The van der Waals surface area contributed by atoms with Gasteiger partial charge in [-0.05, 0) is 18.2 Å². The standard InChI is InChI=1S/C9H7BrFN3O2S/c10-6-1-2-8(7(11)5-6)17(15,16)14-9-12-3-4-13-9/h1-5H,(H2,12,13,14). The molecule has 0 saturated carbocycles. The number of imidazole rings is 1. The first kappa shape index (κ1) is 12.1. The number of nitrogens with one attached hydrogen (secondary N) is 2. The first-order chi connectivity index (χ1) is 7.99. The van der Waals surface area contributed by atoms with Crippen molar-refractivity contribution >= 4 is 31.9 Å². The summed E-state index contributed by atoms with van der Waals surface area (Å²) in [7, 11) is -3.97. The van der Waals surface area contributed by atoms with Crippen LogP contribution in [0.4, 0.5) is 10.3 Å². The lowest BCUT2D eigenvalue weighted by atomic mass is 10.3. The van der Waals surface area contributed by atoms with Crippen LogP contribution in [0.1, 0.15) is 0 Å². The number of rotatable bonds is 3. The number of nitrogens with zero attached hydrogens (tertiary/aromatic N) is 1. The Morgan fingerprint density at radius 2 is 2.18 bits per heavy atom. The van der Waals surface area contributed by atoms with Crippen LogP contribution in [-0.4, -0.2) is 18.4 Å². The molecule has 8 heteroatoms. The Hall–Kier alpha value is -1.41. The average Bonchev–Trinajstić information content (AvgIpc) is 2.68. The lowest BCUT2D eigenvalue weighted by Crippen LogP contribution is -2.15. The van der Waals surface area contributed by atoms with Gasteiger partial charge in [0.1, 0.15) is 10.7 Å². The third kappa shape index (κ3) is 2.64. The summed E-state index contributed by atoms with van der Waals surface area (Å²) in [5.41, 5.74) is 0. The molecule has 0 aliphatic rings. The van der Waals surface area contributed by atoms with Crippen LogP contribution in [-0.2, 0) is 10.0 Å². The summed E-state index contributed by atoms with van der Waals surface area (Å²) in [6, 6.07) is 3.70. The number of aromatic amines is 1. The maximum atomic E-state index is 13.5. The third-order valence-corrected chi connectivity index (χ3v) is 3.78. The third-order valence-electron chi connectivity index (χ3n) is 1.91. The van der Waals surface area contributed by atoms with Gasteiger partial charge in [0.15, 0.2) is 0 Å². The van der Waals surface area contributed by atoms with Crippen molar-refractivity contribution in [2.45, 2.75) is 4.90 Å². The van der Waals surface area contributed by atoms with Gasteiger partial charge in [-0.2, -0.15) is 0 Å². The van der Waals surface area contributed by atoms with Crippen molar-refractivity contribution < 1.29 is 12.8 Å². The molecule has 0 bridgehead atoms. The SMILES string of the molecule is O=S(=O)(Nc1ncc[nH]1)c1ccc(Br)cc1F. The zero-order chi connectivity index (χ0) is 12.5. The van der Waals surface area contributed by atoms with Crippen LogP contribution < -0.4 is 4.72 Å². The lowest BCUT2D eigenvalue weighted by molar-refractivity contribution is 0.569. The minimum atomic E-state index is -3.97. The highest BCUT2D eigenvalue weighted by atomic mass is 79.9. The summed E-state index contributed by atoms with van der Waals surface area (Å²) in [5.74, 6) is -0.800. The van der Waals surface area contributed by atoms with E-state index in [0.717, 1.165) is 6.07 Å². The van der Waals surface area contributed by atoms with E-state index in [1.807, 2.05) is 0 Å². The van der Waals surface area contributed by atoms with Gasteiger partial charge < -0.3 is 4.98 Å². The van der Waals surface area contributed by atoms with Gasteiger partial charge in [-0.15, -0.1) is 0 Å². The van der Waals surface area contributed by atoms with E-state index in [1.165, 1.54) is 24.5 Å². The molecule has 0 atom stereocenters. The molecule has 0 spiro atoms. The highest BCUT2D eigenvalue weighted by molar-refractivity contribution is 9.10. The van der Waals surface area contributed by atoms with Gasteiger partial charge in [-0.3, -0.25) is 0 Å². The molecule has 1 aromatic heterocycles. The lowest BCUT2D eigenvalue weighted by Gasteiger charge is -2.06. The summed E-state index contributed by atoms with van der Waals surface area (Å²) in [5, 5.41) is 0. The molecule has 0 amide bonds. The van der Waals surface area contributed by atoms with Gasteiger partial charge >= 0.3 is 0 Å². The van der Waals surface area contributed by atoms with Crippen LogP contribution in [0, 0.1) is 5.82 Å². The highest BCUT2D eigenvalue weighted by Gasteiger charge is 2.19. The van der Waals surface area contributed by atoms with Gasteiger partial charge in [0.2, 0.25) is 5.95 Å². The molecule has 2 rings (SSSR count). The molecule has 0 radical (unpaired) electrons. The van der Waals surface area contributed by atoms with Gasteiger partial charge in [0.05, 0.1) is 0 Å². The zero-order valence-electron chi connectivity index (χ0n) is 8.31. The number of halogens is 2. The van der Waals surface area contributed by atoms with Gasteiger partial charge in [0, 0.05) is 16.9 Å². The Balaban J connectivity index is 2.38. The molecule has 0 fully saturated rings. The monoisotopic (exact) mass is 319 g/mol. The van der Waals surface area contributed by atoms with Crippen LogP contribution >= 0.6 is 15.9 Å². The maximum absolute atomic E-state index is 13.5. The van der Waals surface area contributed by atoms with Crippen LogP contribution in [0.3, 0.4) is 0 Å². The molecule has 0 aliphatic heterocycles. The summed E-state index contributed by atoms with van der Waals surface area (Å²) < 4.78 is 39.7. The first-order valence-corrected chi connectivity index (χ1v) is 6.74. The Morgan fingerprint density at radius 3 is 2.76 bits per heavy atom. The fourth-order valence-electron chi connectivity index (χ4n) is 1.20. The van der Waals surface area contributed by atoms with Crippen molar-refractivity contribution in [3.05, 3.63) is 40.9 Å². The van der Waals surface area contributed by atoms with E-state index in [2.05, 4.69) is 30.6 Å². The Morgan fingerprint density at radius 1 is 1.41 bits per heavy atom. The van der Waals surface area contributed by atoms with E-state index >= 15 is 0 Å². The number of hydrogen-bond donors (Lipinski definition) is 2. The van der Waals surface area contributed by atoms with Crippen molar-refractivity contribution in [1.82, 2.24) is 9.97 Å². The van der Waals surface area contributed by atoms with Crippen molar-refractivity contribution in [2.24, 2.45) is 0 Å². The van der Waals surface area contributed by atoms with E-state index in [1.54, 1.807) is 0 Å². The molecule has 5 nitrogen and oxygen atoms in total. The number of aromatic nitrogens is 2. The second kappa shape index (κ2) is 4.46. The molecule has 1 heterocycles. The Kier molecular flexibility index (Phi) is 3.16. The highest BCUT2D eigenvalue weighted by Crippen LogP contribution is 2.20. The minimum absolute atomic E-state index is 0.0346. The van der Waals surface area contributed by atoms with Crippen molar-refractivity contribution in [2.75, 3.05) is 4.72 Å². The molecule has 17 heavy (non-hydrogen) atoms. The number of benzene rings is 1.